The number of rotatable bonds is 6. The van der Waals surface area contributed by atoms with Crippen molar-refractivity contribution in [2.24, 2.45) is 0 Å². The molecule has 4 heterocycles. The van der Waals surface area contributed by atoms with Gasteiger partial charge < -0.3 is 10.5 Å². The molecule has 2 N–H and O–H groups in total. The van der Waals surface area contributed by atoms with Gasteiger partial charge >= 0.3 is 5.97 Å². The van der Waals surface area contributed by atoms with E-state index in [1.807, 2.05) is 0 Å². The first-order valence-corrected chi connectivity index (χ1v) is 13.9. The van der Waals surface area contributed by atoms with Gasteiger partial charge in [-0.1, -0.05) is 42.1 Å². The van der Waals surface area contributed by atoms with Gasteiger partial charge in [0.2, 0.25) is 15.7 Å². The first-order valence-electron chi connectivity index (χ1n) is 11.6. The topological polar surface area (TPSA) is 134 Å². The van der Waals surface area contributed by atoms with Gasteiger partial charge in [-0.15, -0.1) is 0 Å². The Bertz CT molecular complexity index is 1750. The second-order valence-corrected chi connectivity index (χ2v) is 11.2. The van der Waals surface area contributed by atoms with Crippen LogP contribution in [0.2, 0.25) is 0 Å². The van der Waals surface area contributed by atoms with Crippen molar-refractivity contribution < 1.29 is 22.7 Å². The number of sulfone groups is 1. The molecule has 0 aliphatic carbocycles. The molecule has 1 aliphatic heterocycles. The number of nitrogens with two attached hydrogens (primary N) is 1. The highest BCUT2D eigenvalue weighted by Gasteiger charge is 2.40. The summed E-state index contributed by atoms with van der Waals surface area (Å²) in [5.74, 6) is -1.26. The monoisotopic (exact) mass is 546 g/mol. The Morgan fingerprint density at radius 1 is 1.08 bits per heavy atom. The number of hydrogen-bond acceptors (Lipinski definition) is 9. The average Bonchev–Trinajstić information content (AvgIpc) is 3.23. The molecule has 0 bridgehead atoms. The molecule has 1 aromatic carbocycles. The van der Waals surface area contributed by atoms with E-state index in [0.717, 1.165) is 16.3 Å². The predicted octanol–water partition coefficient (Wildman–Crippen LogP) is 2.32. The Morgan fingerprint density at radius 3 is 2.42 bits per heavy atom. The molecule has 1 aliphatic rings. The number of carbonyl (C=O) groups is 2. The van der Waals surface area contributed by atoms with Gasteiger partial charge in [0.25, 0.3) is 0 Å². The molecule has 11 heteroatoms. The number of nitrogen functional groups attached to an aromatic ring is 1. The van der Waals surface area contributed by atoms with Gasteiger partial charge in [0.05, 0.1) is 22.5 Å². The summed E-state index contributed by atoms with van der Waals surface area (Å²) in [6.07, 6.45) is 7.83. The number of aromatic nitrogens is 3. The molecule has 0 saturated carbocycles. The molecular formula is C27H22N4O5S2. The predicted molar refractivity (Wildman–Crippen MR) is 143 cm³/mol. The lowest BCUT2D eigenvalue weighted by molar-refractivity contribution is -0.135. The molecule has 3 aromatic heterocycles. The van der Waals surface area contributed by atoms with Crippen molar-refractivity contribution in [1.82, 2.24) is 14.5 Å². The van der Waals surface area contributed by atoms with Crippen molar-refractivity contribution in [2.75, 3.05) is 12.3 Å². The fourth-order valence-corrected chi connectivity index (χ4v) is 6.94. The summed E-state index contributed by atoms with van der Waals surface area (Å²) >= 11 is 0.982. The summed E-state index contributed by atoms with van der Waals surface area (Å²) in [5.41, 5.74) is 7.50. The van der Waals surface area contributed by atoms with E-state index in [0.29, 0.717) is 11.1 Å². The largest absolute Gasteiger partial charge is 0.462 e. The maximum absolute atomic E-state index is 14.1. The average molecular weight is 547 g/mol. The van der Waals surface area contributed by atoms with E-state index in [1.165, 1.54) is 18.3 Å². The van der Waals surface area contributed by atoms with E-state index in [2.05, 4.69) is 9.97 Å². The van der Waals surface area contributed by atoms with Crippen LogP contribution < -0.4 is 16.3 Å². The highest BCUT2D eigenvalue weighted by molar-refractivity contribution is 8.10. The SMILES string of the molecule is CCOC(=O)C1=c2c(=Cc3cccnc3)c(N)c(S(=O)(=O)c3ccccc3)n2C(=O)C(c2cccnc2)S1. The molecule has 1 unspecified atom stereocenters. The second-order valence-electron chi connectivity index (χ2n) is 8.24. The smallest absolute Gasteiger partial charge is 0.346 e. The number of hydrogen-bond donors (Lipinski definition) is 1. The Morgan fingerprint density at radius 2 is 1.79 bits per heavy atom. The zero-order valence-electron chi connectivity index (χ0n) is 20.1. The minimum Gasteiger partial charge on any atom is -0.462 e. The van der Waals surface area contributed by atoms with Crippen LogP contribution in [0.3, 0.4) is 0 Å². The molecule has 38 heavy (non-hydrogen) atoms. The minimum absolute atomic E-state index is 0.0402. The molecule has 0 amide bonds. The lowest BCUT2D eigenvalue weighted by Crippen LogP contribution is -2.42. The Balaban J connectivity index is 1.93. The first-order chi connectivity index (χ1) is 18.3. The van der Waals surface area contributed by atoms with Gasteiger partial charge in [-0.05, 0) is 48.4 Å². The number of pyridine rings is 2. The first kappa shape index (κ1) is 25.4. The Labute approximate surface area is 222 Å². The summed E-state index contributed by atoms with van der Waals surface area (Å²) in [4.78, 5) is 35.5. The molecule has 0 fully saturated rings. The lowest BCUT2D eigenvalue weighted by atomic mass is 10.2. The summed E-state index contributed by atoms with van der Waals surface area (Å²) in [6, 6.07) is 14.5. The van der Waals surface area contributed by atoms with Crippen LogP contribution in [0.1, 0.15) is 28.1 Å². The molecule has 1 atom stereocenters. The molecule has 9 nitrogen and oxygen atoms in total. The van der Waals surface area contributed by atoms with E-state index in [1.54, 1.807) is 74.1 Å². The summed E-state index contributed by atoms with van der Waals surface area (Å²) in [6.45, 7) is 1.75. The van der Waals surface area contributed by atoms with Crippen LogP contribution in [0, 0.1) is 0 Å². The van der Waals surface area contributed by atoms with Crippen LogP contribution in [0.4, 0.5) is 5.69 Å². The minimum atomic E-state index is -4.29. The molecule has 5 rings (SSSR count). The van der Waals surface area contributed by atoms with Crippen molar-refractivity contribution in [1.29, 1.82) is 0 Å². The van der Waals surface area contributed by atoms with E-state index in [-0.39, 0.29) is 32.7 Å². The van der Waals surface area contributed by atoms with Crippen LogP contribution in [0.5, 0.6) is 0 Å². The molecule has 192 valence electrons. The number of anilines is 1. The Hall–Kier alpha value is -4.22. The lowest BCUT2D eigenvalue weighted by Gasteiger charge is -2.23. The normalized spacial score (nSPS) is 15.8. The standard InChI is InChI=1S/C27H22N4O5S2/c1-2-36-27(33)24-22-20(14-17-8-6-12-29-15-17)21(28)26(38(34,35)19-10-4-3-5-11-19)31(22)25(32)23(37-24)18-9-7-13-30-16-18/h3-16,23H,2,28H2,1H3. The number of ether oxygens (including phenoxy) is 1. The second kappa shape index (κ2) is 10.3. The van der Waals surface area contributed by atoms with Crippen LogP contribution >= 0.6 is 11.8 Å². The highest BCUT2D eigenvalue weighted by atomic mass is 32.2. The van der Waals surface area contributed by atoms with Gasteiger partial charge in [-0.2, -0.15) is 0 Å². The van der Waals surface area contributed by atoms with Gasteiger partial charge in [0, 0.05) is 30.0 Å². The van der Waals surface area contributed by atoms with Crippen molar-refractivity contribution in [2.45, 2.75) is 22.1 Å². The van der Waals surface area contributed by atoms with Crippen LogP contribution in [-0.4, -0.2) is 41.4 Å². The molecule has 0 radical (unpaired) electrons. The zero-order valence-corrected chi connectivity index (χ0v) is 21.8. The molecular weight excluding hydrogens is 524 g/mol. The number of thioether (sulfide) groups is 1. The quantitative estimate of drug-likeness (QED) is 0.362. The maximum atomic E-state index is 14.1. The van der Waals surface area contributed by atoms with Gasteiger partial charge in [0.15, 0.2) is 5.03 Å². The van der Waals surface area contributed by atoms with Crippen molar-refractivity contribution in [3.05, 3.63) is 101 Å². The van der Waals surface area contributed by atoms with Gasteiger partial charge in [0.1, 0.15) is 10.2 Å². The fraction of sp³-hybridized carbons (Fsp3) is 0.111. The van der Waals surface area contributed by atoms with E-state index < -0.39 is 32.0 Å². The summed E-state index contributed by atoms with van der Waals surface area (Å²) in [7, 11) is -4.29. The highest BCUT2D eigenvalue weighted by Crippen LogP contribution is 2.40. The number of esters is 1. The van der Waals surface area contributed by atoms with E-state index >= 15 is 0 Å². The number of fused-ring (bicyclic) bond motifs is 1. The van der Waals surface area contributed by atoms with Gasteiger partial charge in [-0.3, -0.25) is 19.3 Å². The van der Waals surface area contributed by atoms with Crippen molar-refractivity contribution in [3.8, 4) is 0 Å². The number of nitrogens with zero attached hydrogens (tertiary/aromatic N) is 3. The third-order valence-electron chi connectivity index (χ3n) is 5.85. The molecule has 0 saturated heterocycles. The zero-order chi connectivity index (χ0) is 26.9. The molecule has 4 aromatic rings. The Kier molecular flexibility index (Phi) is 6.87. The van der Waals surface area contributed by atoms with E-state index in [4.69, 9.17) is 10.5 Å². The number of carbonyl (C=O) groups excluding carboxylic acids is 2. The maximum Gasteiger partial charge on any atom is 0.346 e. The third-order valence-corrected chi connectivity index (χ3v) is 8.96. The third kappa shape index (κ3) is 4.39. The molecule has 0 spiro atoms. The fourth-order valence-electron chi connectivity index (χ4n) is 4.19. The van der Waals surface area contributed by atoms with Crippen molar-refractivity contribution >= 4 is 50.1 Å². The van der Waals surface area contributed by atoms with Crippen LogP contribution in [0.25, 0.3) is 11.0 Å². The number of benzene rings is 1. The van der Waals surface area contributed by atoms with Crippen LogP contribution in [0.15, 0.2) is 89.3 Å². The van der Waals surface area contributed by atoms with Gasteiger partial charge in [-0.25, -0.2) is 13.2 Å². The summed E-state index contributed by atoms with van der Waals surface area (Å²) in [5, 5.41) is -1.09. The van der Waals surface area contributed by atoms with Crippen LogP contribution in [-0.2, 0) is 19.4 Å². The van der Waals surface area contributed by atoms with E-state index in [9.17, 15) is 18.0 Å². The summed E-state index contributed by atoms with van der Waals surface area (Å²) < 4.78 is 34.3. The van der Waals surface area contributed by atoms with Crippen molar-refractivity contribution in [3.63, 3.8) is 0 Å².